The van der Waals surface area contributed by atoms with Crippen LogP contribution in [-0.4, -0.2) is 9.91 Å². The Kier molecular flexibility index (Phi) is 4.52. The summed E-state index contributed by atoms with van der Waals surface area (Å²) in [5, 5.41) is 14.1. The Bertz CT molecular complexity index is 636. The van der Waals surface area contributed by atoms with E-state index in [-0.39, 0.29) is 5.69 Å². The van der Waals surface area contributed by atoms with Gasteiger partial charge in [0.25, 0.3) is 0 Å². The molecule has 0 aliphatic carbocycles. The number of nitrogens with zero attached hydrogens (tertiary/aromatic N) is 2. The van der Waals surface area contributed by atoms with E-state index in [1.54, 1.807) is 13.1 Å². The summed E-state index contributed by atoms with van der Waals surface area (Å²) in [7, 11) is 0. The molecule has 0 bridgehead atoms. The van der Waals surface area contributed by atoms with E-state index in [9.17, 15) is 10.1 Å². The molecule has 1 aromatic heterocycles. The molecule has 0 atom stereocenters. The standard InChI is InChI=1S/C16H19N3O2/c1-11(2)14-6-4-13(5-7-14)10-18-16-15(19(20)21)8-12(3)9-17-16/h4-9,11H,10H2,1-3H3,(H,17,18). The van der Waals surface area contributed by atoms with Gasteiger partial charge in [-0.15, -0.1) is 0 Å². The minimum Gasteiger partial charge on any atom is -0.360 e. The van der Waals surface area contributed by atoms with Crippen molar-refractivity contribution in [3.8, 4) is 0 Å². The average molecular weight is 285 g/mol. The van der Waals surface area contributed by atoms with Gasteiger partial charge in [0.2, 0.25) is 5.82 Å². The van der Waals surface area contributed by atoms with Gasteiger partial charge >= 0.3 is 5.69 Å². The third-order valence-electron chi connectivity index (χ3n) is 3.31. The molecule has 0 saturated heterocycles. The highest BCUT2D eigenvalue weighted by atomic mass is 16.6. The van der Waals surface area contributed by atoms with Crippen LogP contribution in [-0.2, 0) is 6.54 Å². The number of hydrogen-bond donors (Lipinski definition) is 1. The van der Waals surface area contributed by atoms with Crippen LogP contribution in [0.2, 0.25) is 0 Å². The average Bonchev–Trinajstić information content (AvgIpc) is 2.46. The van der Waals surface area contributed by atoms with Crippen LogP contribution in [0.1, 0.15) is 36.5 Å². The Morgan fingerprint density at radius 3 is 2.52 bits per heavy atom. The smallest absolute Gasteiger partial charge is 0.311 e. The quantitative estimate of drug-likeness (QED) is 0.665. The van der Waals surface area contributed by atoms with E-state index in [4.69, 9.17) is 0 Å². The second-order valence-corrected chi connectivity index (χ2v) is 5.39. The lowest BCUT2D eigenvalue weighted by Gasteiger charge is -2.09. The Hall–Kier alpha value is -2.43. The summed E-state index contributed by atoms with van der Waals surface area (Å²) in [4.78, 5) is 14.7. The highest BCUT2D eigenvalue weighted by Gasteiger charge is 2.14. The van der Waals surface area contributed by atoms with Crippen LogP contribution >= 0.6 is 0 Å². The van der Waals surface area contributed by atoms with E-state index in [1.807, 2.05) is 12.1 Å². The first-order chi connectivity index (χ1) is 9.97. The lowest BCUT2D eigenvalue weighted by atomic mass is 10.0. The molecule has 21 heavy (non-hydrogen) atoms. The number of nitro groups is 1. The Morgan fingerprint density at radius 2 is 1.95 bits per heavy atom. The van der Waals surface area contributed by atoms with Crippen LogP contribution < -0.4 is 5.32 Å². The summed E-state index contributed by atoms with van der Waals surface area (Å²) in [5.74, 6) is 0.797. The molecule has 0 radical (unpaired) electrons. The van der Waals surface area contributed by atoms with Crippen LogP contribution in [0.15, 0.2) is 36.5 Å². The van der Waals surface area contributed by atoms with Crippen molar-refractivity contribution in [1.29, 1.82) is 0 Å². The summed E-state index contributed by atoms with van der Waals surface area (Å²) >= 11 is 0. The van der Waals surface area contributed by atoms with E-state index in [2.05, 4.69) is 36.3 Å². The van der Waals surface area contributed by atoms with Crippen LogP contribution in [0.5, 0.6) is 0 Å². The molecule has 1 aromatic carbocycles. The third kappa shape index (κ3) is 3.78. The molecule has 0 spiro atoms. The number of nitrogens with one attached hydrogen (secondary N) is 1. The molecule has 5 heteroatoms. The van der Waals surface area contributed by atoms with E-state index in [0.717, 1.165) is 11.1 Å². The first-order valence-corrected chi connectivity index (χ1v) is 6.91. The maximum Gasteiger partial charge on any atom is 0.311 e. The number of aryl methyl sites for hydroxylation is 1. The zero-order chi connectivity index (χ0) is 15.4. The fourth-order valence-electron chi connectivity index (χ4n) is 2.04. The Morgan fingerprint density at radius 1 is 1.29 bits per heavy atom. The largest absolute Gasteiger partial charge is 0.360 e. The molecule has 0 saturated carbocycles. The minimum absolute atomic E-state index is 0.00815. The normalized spacial score (nSPS) is 10.7. The molecule has 5 nitrogen and oxygen atoms in total. The van der Waals surface area contributed by atoms with Crippen LogP contribution in [0.4, 0.5) is 11.5 Å². The van der Waals surface area contributed by atoms with Crippen molar-refractivity contribution in [3.63, 3.8) is 0 Å². The Labute approximate surface area is 124 Å². The lowest BCUT2D eigenvalue weighted by Crippen LogP contribution is -2.05. The number of hydrogen-bond acceptors (Lipinski definition) is 4. The van der Waals surface area contributed by atoms with Gasteiger partial charge in [-0.05, 0) is 29.5 Å². The fourth-order valence-corrected chi connectivity index (χ4v) is 2.04. The van der Waals surface area contributed by atoms with Gasteiger partial charge in [-0.25, -0.2) is 4.98 Å². The van der Waals surface area contributed by atoms with E-state index >= 15 is 0 Å². The van der Waals surface area contributed by atoms with Gasteiger partial charge in [0, 0.05) is 18.8 Å². The Balaban J connectivity index is 2.11. The molecular formula is C16H19N3O2. The molecule has 0 aliphatic rings. The molecule has 1 N–H and O–H groups in total. The molecule has 110 valence electrons. The van der Waals surface area contributed by atoms with Crippen molar-refractivity contribution in [1.82, 2.24) is 4.98 Å². The zero-order valence-electron chi connectivity index (χ0n) is 12.5. The van der Waals surface area contributed by atoms with Gasteiger partial charge in [0.15, 0.2) is 0 Å². The van der Waals surface area contributed by atoms with Gasteiger partial charge in [-0.2, -0.15) is 0 Å². The van der Waals surface area contributed by atoms with Crippen molar-refractivity contribution in [2.75, 3.05) is 5.32 Å². The van der Waals surface area contributed by atoms with Gasteiger partial charge in [0.1, 0.15) is 0 Å². The number of rotatable bonds is 5. The monoisotopic (exact) mass is 285 g/mol. The number of anilines is 1. The predicted octanol–water partition coefficient (Wildman–Crippen LogP) is 4.03. The number of pyridine rings is 1. The zero-order valence-corrected chi connectivity index (χ0v) is 12.5. The summed E-state index contributed by atoms with van der Waals surface area (Å²) in [5.41, 5.74) is 3.12. The summed E-state index contributed by atoms with van der Waals surface area (Å²) in [6.07, 6.45) is 1.62. The molecule has 0 amide bonds. The molecule has 0 fully saturated rings. The van der Waals surface area contributed by atoms with Crippen LogP contribution in [0.25, 0.3) is 0 Å². The first kappa shape index (κ1) is 15.0. The van der Waals surface area contributed by atoms with Crippen molar-refractivity contribution in [2.24, 2.45) is 0 Å². The van der Waals surface area contributed by atoms with E-state index in [0.29, 0.717) is 18.3 Å². The van der Waals surface area contributed by atoms with Gasteiger partial charge in [-0.3, -0.25) is 10.1 Å². The maximum atomic E-state index is 11.0. The second-order valence-electron chi connectivity index (χ2n) is 5.39. The maximum absolute atomic E-state index is 11.0. The summed E-state index contributed by atoms with van der Waals surface area (Å²) in [6, 6.07) is 9.75. The molecule has 0 aliphatic heterocycles. The van der Waals surface area contributed by atoms with Gasteiger partial charge in [-0.1, -0.05) is 38.1 Å². The van der Waals surface area contributed by atoms with Gasteiger partial charge < -0.3 is 5.32 Å². The SMILES string of the molecule is Cc1cnc(NCc2ccc(C(C)C)cc2)c([N+](=O)[O-])c1. The van der Waals surface area contributed by atoms with E-state index in [1.165, 1.54) is 11.6 Å². The predicted molar refractivity (Wildman–Crippen MR) is 83.5 cm³/mol. The number of benzene rings is 1. The minimum atomic E-state index is -0.413. The fraction of sp³-hybridized carbons (Fsp3) is 0.312. The summed E-state index contributed by atoms with van der Waals surface area (Å²) < 4.78 is 0. The van der Waals surface area contributed by atoms with Crippen molar-refractivity contribution >= 4 is 11.5 Å². The summed E-state index contributed by atoms with van der Waals surface area (Å²) in [6.45, 7) is 6.59. The molecule has 2 aromatic rings. The van der Waals surface area contributed by atoms with E-state index < -0.39 is 4.92 Å². The van der Waals surface area contributed by atoms with Crippen molar-refractivity contribution in [2.45, 2.75) is 33.2 Å². The topological polar surface area (TPSA) is 68.1 Å². The van der Waals surface area contributed by atoms with Crippen LogP contribution in [0, 0.1) is 17.0 Å². The molecule has 0 unspecified atom stereocenters. The molecule has 2 rings (SSSR count). The molecular weight excluding hydrogens is 266 g/mol. The molecule has 1 heterocycles. The van der Waals surface area contributed by atoms with Crippen molar-refractivity contribution in [3.05, 3.63) is 63.3 Å². The third-order valence-corrected chi connectivity index (χ3v) is 3.31. The van der Waals surface area contributed by atoms with Crippen LogP contribution in [0.3, 0.4) is 0 Å². The van der Waals surface area contributed by atoms with Crippen molar-refractivity contribution < 1.29 is 4.92 Å². The van der Waals surface area contributed by atoms with Gasteiger partial charge in [0.05, 0.1) is 4.92 Å². The number of aromatic nitrogens is 1. The lowest BCUT2D eigenvalue weighted by molar-refractivity contribution is -0.384. The second kappa shape index (κ2) is 6.35. The highest BCUT2D eigenvalue weighted by Crippen LogP contribution is 2.23. The highest BCUT2D eigenvalue weighted by molar-refractivity contribution is 5.56. The first-order valence-electron chi connectivity index (χ1n) is 6.91.